The fourth-order valence-corrected chi connectivity index (χ4v) is 3.30. The quantitative estimate of drug-likeness (QED) is 0.608. The second kappa shape index (κ2) is 8.60. The minimum atomic E-state index is -0.462. The van der Waals surface area contributed by atoms with Crippen LogP contribution in [-0.2, 0) is 0 Å². The largest absolute Gasteiger partial charge is 0.497 e. The van der Waals surface area contributed by atoms with Gasteiger partial charge in [0.2, 0.25) is 0 Å². The van der Waals surface area contributed by atoms with E-state index in [-0.39, 0.29) is 11.6 Å². The van der Waals surface area contributed by atoms with E-state index in [2.05, 4.69) is 10.2 Å². The molecule has 3 rings (SSSR count). The smallest absolute Gasteiger partial charge is 0.293 e. The van der Waals surface area contributed by atoms with E-state index in [4.69, 9.17) is 4.74 Å². The first-order chi connectivity index (χ1) is 13.5. The molecule has 28 heavy (non-hydrogen) atoms. The molecule has 1 heterocycles. The Labute approximate surface area is 163 Å². The summed E-state index contributed by atoms with van der Waals surface area (Å²) in [4.78, 5) is 27.6. The van der Waals surface area contributed by atoms with E-state index in [1.807, 2.05) is 31.2 Å². The number of carbonyl (C=O) groups excluding carboxylic acids is 1. The van der Waals surface area contributed by atoms with Crippen molar-refractivity contribution in [3.8, 4) is 5.75 Å². The molecule has 1 N–H and O–H groups in total. The minimum Gasteiger partial charge on any atom is -0.497 e. The molecule has 0 aromatic heterocycles. The third-order valence-electron chi connectivity index (χ3n) is 4.81. The Morgan fingerprint density at radius 3 is 2.39 bits per heavy atom. The van der Waals surface area contributed by atoms with Crippen LogP contribution in [-0.4, -0.2) is 55.6 Å². The fraction of sp³-hybridized carbons (Fsp3) is 0.350. The summed E-state index contributed by atoms with van der Waals surface area (Å²) in [5.41, 5.74) is 1.77. The number of nitro groups is 1. The SMILES string of the molecule is CCNc1ccc(C(=O)N2CCN(c3ccc(OC)cc3)CC2)cc1[N+](=O)[O-]. The first kappa shape index (κ1) is 19.5. The lowest BCUT2D eigenvalue weighted by Crippen LogP contribution is -2.48. The van der Waals surface area contributed by atoms with Crippen molar-refractivity contribution in [3.05, 3.63) is 58.1 Å². The van der Waals surface area contributed by atoms with Gasteiger partial charge in [0.25, 0.3) is 11.6 Å². The molecule has 1 saturated heterocycles. The van der Waals surface area contributed by atoms with Gasteiger partial charge in [0, 0.05) is 50.0 Å². The molecule has 1 aliphatic rings. The van der Waals surface area contributed by atoms with Crippen molar-refractivity contribution in [1.29, 1.82) is 0 Å². The number of benzene rings is 2. The lowest BCUT2D eigenvalue weighted by atomic mass is 10.1. The Hall–Kier alpha value is -3.29. The lowest BCUT2D eigenvalue weighted by Gasteiger charge is -2.36. The van der Waals surface area contributed by atoms with Crippen LogP contribution in [0.5, 0.6) is 5.75 Å². The predicted molar refractivity (Wildman–Crippen MR) is 108 cm³/mol. The number of hydrogen-bond donors (Lipinski definition) is 1. The third kappa shape index (κ3) is 4.16. The van der Waals surface area contributed by atoms with Gasteiger partial charge >= 0.3 is 0 Å². The Kier molecular flexibility index (Phi) is 5.98. The number of ether oxygens (including phenoxy) is 1. The maximum atomic E-state index is 12.8. The molecule has 1 aliphatic heterocycles. The second-order valence-electron chi connectivity index (χ2n) is 6.50. The molecule has 2 aromatic rings. The van der Waals surface area contributed by atoms with Gasteiger partial charge in [-0.1, -0.05) is 0 Å². The number of carbonyl (C=O) groups is 1. The van der Waals surface area contributed by atoms with Gasteiger partial charge < -0.3 is 19.9 Å². The zero-order valence-electron chi connectivity index (χ0n) is 16.1. The Bertz CT molecular complexity index is 846. The van der Waals surface area contributed by atoms with Crippen LogP contribution in [0.25, 0.3) is 0 Å². The van der Waals surface area contributed by atoms with Crippen LogP contribution in [0.1, 0.15) is 17.3 Å². The fourth-order valence-electron chi connectivity index (χ4n) is 3.30. The van der Waals surface area contributed by atoms with E-state index < -0.39 is 4.92 Å². The number of nitrogens with one attached hydrogen (secondary N) is 1. The zero-order chi connectivity index (χ0) is 20.1. The topological polar surface area (TPSA) is 88.0 Å². The van der Waals surface area contributed by atoms with Crippen molar-refractivity contribution in [1.82, 2.24) is 4.90 Å². The summed E-state index contributed by atoms with van der Waals surface area (Å²) in [6.07, 6.45) is 0. The van der Waals surface area contributed by atoms with Gasteiger partial charge in [0.05, 0.1) is 12.0 Å². The number of hydrogen-bond acceptors (Lipinski definition) is 6. The molecule has 1 amide bonds. The summed E-state index contributed by atoms with van der Waals surface area (Å²) in [5, 5.41) is 14.3. The molecule has 1 fully saturated rings. The molecule has 0 unspecified atom stereocenters. The molecule has 0 radical (unpaired) electrons. The van der Waals surface area contributed by atoms with E-state index in [9.17, 15) is 14.9 Å². The molecule has 0 saturated carbocycles. The van der Waals surface area contributed by atoms with Crippen LogP contribution in [0.2, 0.25) is 0 Å². The number of nitrogens with zero attached hydrogens (tertiary/aromatic N) is 3. The average Bonchev–Trinajstić information content (AvgIpc) is 2.74. The van der Waals surface area contributed by atoms with E-state index in [0.29, 0.717) is 44.0 Å². The summed E-state index contributed by atoms with van der Waals surface area (Å²) in [6.45, 7) is 4.97. The van der Waals surface area contributed by atoms with Gasteiger partial charge in [-0.05, 0) is 43.3 Å². The van der Waals surface area contributed by atoms with E-state index in [1.165, 1.54) is 6.07 Å². The third-order valence-corrected chi connectivity index (χ3v) is 4.81. The number of methoxy groups -OCH3 is 1. The number of anilines is 2. The van der Waals surface area contributed by atoms with Crippen molar-refractivity contribution >= 4 is 23.0 Å². The average molecular weight is 384 g/mol. The van der Waals surface area contributed by atoms with Crippen molar-refractivity contribution in [2.24, 2.45) is 0 Å². The highest BCUT2D eigenvalue weighted by Crippen LogP contribution is 2.27. The van der Waals surface area contributed by atoms with Crippen LogP contribution in [0.15, 0.2) is 42.5 Å². The lowest BCUT2D eigenvalue weighted by molar-refractivity contribution is -0.384. The molecule has 0 bridgehead atoms. The van der Waals surface area contributed by atoms with Gasteiger partial charge in [-0.3, -0.25) is 14.9 Å². The van der Waals surface area contributed by atoms with Crippen LogP contribution in [0.4, 0.5) is 17.1 Å². The molecular formula is C20H24N4O4. The van der Waals surface area contributed by atoms with E-state index in [1.54, 1.807) is 24.1 Å². The monoisotopic (exact) mass is 384 g/mol. The summed E-state index contributed by atoms with van der Waals surface area (Å²) in [5.74, 6) is 0.626. The summed E-state index contributed by atoms with van der Waals surface area (Å²) >= 11 is 0. The summed E-state index contributed by atoms with van der Waals surface area (Å²) < 4.78 is 5.18. The molecular weight excluding hydrogens is 360 g/mol. The van der Waals surface area contributed by atoms with Crippen molar-refractivity contribution < 1.29 is 14.5 Å². The number of nitro benzene ring substituents is 1. The normalized spacial score (nSPS) is 13.9. The van der Waals surface area contributed by atoms with E-state index >= 15 is 0 Å². The van der Waals surface area contributed by atoms with Gasteiger partial charge in [0.15, 0.2) is 0 Å². The molecule has 2 aromatic carbocycles. The standard InChI is InChI=1S/C20H24N4O4/c1-3-21-18-9-4-15(14-19(18)24(26)27)20(25)23-12-10-22(11-13-23)16-5-7-17(28-2)8-6-16/h4-9,14,21H,3,10-13H2,1-2H3. The van der Waals surface area contributed by atoms with Gasteiger partial charge in [-0.25, -0.2) is 0 Å². The van der Waals surface area contributed by atoms with Crippen LogP contribution >= 0.6 is 0 Å². The molecule has 0 spiro atoms. The van der Waals surface area contributed by atoms with E-state index in [0.717, 1.165) is 11.4 Å². The molecule has 0 aliphatic carbocycles. The highest BCUT2D eigenvalue weighted by atomic mass is 16.6. The Balaban J connectivity index is 1.67. The first-order valence-corrected chi connectivity index (χ1v) is 9.24. The molecule has 8 nitrogen and oxygen atoms in total. The second-order valence-corrected chi connectivity index (χ2v) is 6.50. The number of amides is 1. The minimum absolute atomic E-state index is 0.0791. The Morgan fingerprint density at radius 2 is 1.82 bits per heavy atom. The van der Waals surface area contributed by atoms with Crippen LogP contribution in [0, 0.1) is 10.1 Å². The van der Waals surface area contributed by atoms with Crippen molar-refractivity contribution in [2.45, 2.75) is 6.92 Å². The highest BCUT2D eigenvalue weighted by Gasteiger charge is 2.24. The van der Waals surface area contributed by atoms with Crippen LogP contribution in [0.3, 0.4) is 0 Å². The predicted octanol–water partition coefficient (Wildman–Crippen LogP) is 3.00. The van der Waals surface area contributed by atoms with Gasteiger partial charge in [-0.15, -0.1) is 0 Å². The van der Waals surface area contributed by atoms with Crippen LogP contribution < -0.4 is 15.0 Å². The molecule has 0 atom stereocenters. The highest BCUT2D eigenvalue weighted by molar-refractivity contribution is 5.96. The van der Waals surface area contributed by atoms with Gasteiger partial charge in [0.1, 0.15) is 11.4 Å². The summed E-state index contributed by atoms with van der Waals surface area (Å²) in [7, 11) is 1.63. The summed E-state index contributed by atoms with van der Waals surface area (Å²) in [6, 6.07) is 12.4. The van der Waals surface area contributed by atoms with Gasteiger partial charge in [-0.2, -0.15) is 0 Å². The van der Waals surface area contributed by atoms with Crippen molar-refractivity contribution in [3.63, 3.8) is 0 Å². The molecule has 8 heteroatoms. The zero-order valence-corrected chi connectivity index (χ0v) is 16.1. The first-order valence-electron chi connectivity index (χ1n) is 9.24. The number of rotatable bonds is 6. The maximum absolute atomic E-state index is 12.8. The Morgan fingerprint density at radius 1 is 1.14 bits per heavy atom. The maximum Gasteiger partial charge on any atom is 0.293 e. The number of piperazine rings is 1. The molecule has 148 valence electrons. The van der Waals surface area contributed by atoms with Crippen molar-refractivity contribution in [2.75, 3.05) is 50.1 Å².